The largest absolute Gasteiger partial charge is 0.356 e. The molecule has 1 N–H and O–H groups in total. The van der Waals surface area contributed by atoms with Crippen LogP contribution in [0, 0.1) is 12.7 Å². The van der Waals surface area contributed by atoms with E-state index < -0.39 is 15.8 Å². The third-order valence-corrected chi connectivity index (χ3v) is 5.51. The molecule has 0 saturated carbocycles. The van der Waals surface area contributed by atoms with Crippen molar-refractivity contribution >= 4 is 21.6 Å². The van der Waals surface area contributed by atoms with Crippen molar-refractivity contribution in [1.82, 2.24) is 5.32 Å². The minimum absolute atomic E-state index is 0.00330. The van der Waals surface area contributed by atoms with Crippen LogP contribution in [0.5, 0.6) is 0 Å². The summed E-state index contributed by atoms with van der Waals surface area (Å²) in [6, 6.07) is 14.0. The second-order valence-electron chi connectivity index (χ2n) is 6.83. The highest BCUT2D eigenvalue weighted by atomic mass is 32.2. The van der Waals surface area contributed by atoms with Gasteiger partial charge in [0, 0.05) is 19.5 Å². The van der Waals surface area contributed by atoms with E-state index in [9.17, 15) is 17.6 Å². The molecular weight excluding hydrogens is 379 g/mol. The van der Waals surface area contributed by atoms with Crippen LogP contribution in [-0.4, -0.2) is 33.7 Å². The lowest BCUT2D eigenvalue weighted by molar-refractivity contribution is -0.121. The summed E-state index contributed by atoms with van der Waals surface area (Å²) in [6.07, 6.45) is 3.25. The number of amides is 1. The Morgan fingerprint density at radius 3 is 2.54 bits per heavy atom. The summed E-state index contributed by atoms with van der Waals surface area (Å²) in [4.78, 5) is 12.0. The first-order chi connectivity index (χ1) is 13.3. The fourth-order valence-electron chi connectivity index (χ4n) is 2.98. The van der Waals surface area contributed by atoms with Crippen molar-refractivity contribution in [3.8, 4) is 0 Å². The number of nitrogens with zero attached hydrogens (tertiary/aromatic N) is 1. The molecule has 0 saturated heterocycles. The molecule has 28 heavy (non-hydrogen) atoms. The van der Waals surface area contributed by atoms with E-state index in [2.05, 4.69) is 17.4 Å². The predicted octanol–water partition coefficient (Wildman–Crippen LogP) is 3.43. The van der Waals surface area contributed by atoms with Crippen LogP contribution in [0.3, 0.4) is 0 Å². The zero-order valence-corrected chi connectivity index (χ0v) is 17.1. The lowest BCUT2D eigenvalue weighted by Gasteiger charge is -2.22. The van der Waals surface area contributed by atoms with E-state index in [4.69, 9.17) is 0 Å². The lowest BCUT2D eigenvalue weighted by Crippen LogP contribution is -2.33. The maximum atomic E-state index is 13.9. The molecule has 0 heterocycles. The van der Waals surface area contributed by atoms with Gasteiger partial charge in [-0.2, -0.15) is 0 Å². The van der Waals surface area contributed by atoms with E-state index in [1.807, 2.05) is 19.1 Å². The average Bonchev–Trinajstić information content (AvgIpc) is 2.62. The summed E-state index contributed by atoms with van der Waals surface area (Å²) in [5.74, 6) is -0.736. The fraction of sp³-hybridized carbons (Fsp3) is 0.381. The molecule has 0 spiro atoms. The first-order valence-corrected chi connectivity index (χ1v) is 11.2. The van der Waals surface area contributed by atoms with Crippen LogP contribution in [0.15, 0.2) is 48.5 Å². The fourth-order valence-corrected chi connectivity index (χ4v) is 3.94. The molecule has 0 bridgehead atoms. The maximum Gasteiger partial charge on any atom is 0.232 e. The van der Waals surface area contributed by atoms with E-state index in [1.54, 1.807) is 6.07 Å². The first kappa shape index (κ1) is 21.9. The van der Waals surface area contributed by atoms with Gasteiger partial charge in [0.2, 0.25) is 15.9 Å². The van der Waals surface area contributed by atoms with Crippen molar-refractivity contribution in [2.75, 3.05) is 23.7 Å². The number of anilines is 1. The van der Waals surface area contributed by atoms with Crippen LogP contribution >= 0.6 is 0 Å². The number of hydrogen-bond acceptors (Lipinski definition) is 3. The molecule has 5 nitrogen and oxygen atoms in total. The Bertz CT molecular complexity index is 900. The molecule has 2 aromatic carbocycles. The number of carbonyl (C=O) groups is 1. The van der Waals surface area contributed by atoms with Gasteiger partial charge in [-0.3, -0.25) is 9.10 Å². The Kier molecular flexibility index (Phi) is 7.99. The van der Waals surface area contributed by atoms with E-state index in [-0.39, 0.29) is 24.6 Å². The Labute approximate surface area is 166 Å². The Hall–Kier alpha value is -2.41. The van der Waals surface area contributed by atoms with Gasteiger partial charge in [-0.1, -0.05) is 42.0 Å². The van der Waals surface area contributed by atoms with Crippen LogP contribution in [0.25, 0.3) is 0 Å². The number of aryl methyl sites for hydroxylation is 2. The van der Waals surface area contributed by atoms with Gasteiger partial charge in [0.1, 0.15) is 5.82 Å². The van der Waals surface area contributed by atoms with E-state index in [1.165, 1.54) is 29.3 Å². The molecule has 0 aliphatic heterocycles. The van der Waals surface area contributed by atoms with E-state index in [0.717, 1.165) is 23.4 Å². The highest BCUT2D eigenvalue weighted by Crippen LogP contribution is 2.21. The van der Waals surface area contributed by atoms with Crippen molar-refractivity contribution in [2.24, 2.45) is 0 Å². The smallest absolute Gasteiger partial charge is 0.232 e. The second-order valence-corrected chi connectivity index (χ2v) is 8.74. The van der Waals surface area contributed by atoms with Gasteiger partial charge < -0.3 is 5.32 Å². The van der Waals surface area contributed by atoms with Gasteiger partial charge in [-0.05, 0) is 43.9 Å². The van der Waals surface area contributed by atoms with Crippen LogP contribution in [-0.2, 0) is 21.2 Å². The monoisotopic (exact) mass is 406 g/mol. The number of nitrogens with one attached hydrogen (secondary N) is 1. The highest BCUT2D eigenvalue weighted by Gasteiger charge is 2.20. The number of benzene rings is 2. The van der Waals surface area contributed by atoms with Crippen molar-refractivity contribution in [3.05, 3.63) is 65.5 Å². The highest BCUT2D eigenvalue weighted by molar-refractivity contribution is 7.92. The Balaban J connectivity index is 1.76. The topological polar surface area (TPSA) is 66.5 Å². The second kappa shape index (κ2) is 10.2. The Morgan fingerprint density at radius 2 is 1.86 bits per heavy atom. The quantitative estimate of drug-likeness (QED) is 0.615. The summed E-state index contributed by atoms with van der Waals surface area (Å²) in [6.45, 7) is 2.67. The third-order valence-electron chi connectivity index (χ3n) is 4.33. The number of halogens is 1. The van der Waals surface area contributed by atoms with Crippen molar-refractivity contribution in [2.45, 2.75) is 32.6 Å². The molecular formula is C21H27FN2O3S. The van der Waals surface area contributed by atoms with Crippen LogP contribution < -0.4 is 9.62 Å². The minimum Gasteiger partial charge on any atom is -0.356 e. The first-order valence-electron chi connectivity index (χ1n) is 9.32. The molecule has 152 valence electrons. The molecule has 0 atom stereocenters. The summed E-state index contributed by atoms with van der Waals surface area (Å²) >= 11 is 0. The summed E-state index contributed by atoms with van der Waals surface area (Å²) < 4.78 is 38.9. The van der Waals surface area contributed by atoms with Crippen LogP contribution in [0.1, 0.15) is 30.4 Å². The van der Waals surface area contributed by atoms with Crippen molar-refractivity contribution in [3.63, 3.8) is 0 Å². The molecule has 0 fully saturated rings. The van der Waals surface area contributed by atoms with Crippen LogP contribution in [0.2, 0.25) is 0 Å². The van der Waals surface area contributed by atoms with Crippen LogP contribution in [0.4, 0.5) is 10.1 Å². The summed E-state index contributed by atoms with van der Waals surface area (Å²) in [5.41, 5.74) is 2.46. The molecule has 0 unspecified atom stereocenters. The van der Waals surface area contributed by atoms with Crippen molar-refractivity contribution < 1.29 is 17.6 Å². The molecule has 0 radical (unpaired) electrons. The Morgan fingerprint density at radius 1 is 1.11 bits per heavy atom. The number of para-hydroxylation sites is 1. The molecule has 2 rings (SSSR count). The summed E-state index contributed by atoms with van der Waals surface area (Å²) in [7, 11) is -3.63. The number of hydrogen-bond donors (Lipinski definition) is 1. The molecule has 0 aliphatic rings. The summed E-state index contributed by atoms with van der Waals surface area (Å²) in [5, 5.41) is 2.85. The normalized spacial score (nSPS) is 11.2. The van der Waals surface area contributed by atoms with Gasteiger partial charge in [-0.25, -0.2) is 12.8 Å². The zero-order valence-electron chi connectivity index (χ0n) is 16.3. The van der Waals surface area contributed by atoms with Gasteiger partial charge in [0.15, 0.2) is 0 Å². The maximum absolute atomic E-state index is 13.9. The van der Waals surface area contributed by atoms with Gasteiger partial charge >= 0.3 is 0 Å². The third kappa shape index (κ3) is 6.96. The molecule has 7 heteroatoms. The number of carbonyl (C=O) groups excluding carboxylic acids is 1. The zero-order chi connectivity index (χ0) is 20.6. The van der Waals surface area contributed by atoms with Gasteiger partial charge in [0.05, 0.1) is 11.9 Å². The predicted molar refractivity (Wildman–Crippen MR) is 110 cm³/mol. The number of sulfonamides is 1. The van der Waals surface area contributed by atoms with E-state index >= 15 is 0 Å². The molecule has 1 amide bonds. The van der Waals surface area contributed by atoms with E-state index in [0.29, 0.717) is 13.0 Å². The number of rotatable bonds is 10. The standard InChI is InChI=1S/C21H27FN2O3S/c1-17-8-5-9-18(16-17)10-6-14-23-21(25)13-7-15-24(28(2,26)27)20-12-4-3-11-19(20)22/h3-5,8-9,11-12,16H,6-7,10,13-15H2,1-2H3,(H,23,25). The SMILES string of the molecule is Cc1cccc(CCCNC(=O)CCCN(c2ccccc2F)S(C)(=O)=O)c1. The lowest BCUT2D eigenvalue weighted by atomic mass is 10.1. The molecule has 0 aliphatic carbocycles. The average molecular weight is 407 g/mol. The van der Waals surface area contributed by atoms with Crippen molar-refractivity contribution in [1.29, 1.82) is 0 Å². The molecule has 2 aromatic rings. The van der Waals surface area contributed by atoms with Gasteiger partial charge in [0.25, 0.3) is 0 Å². The minimum atomic E-state index is -3.63. The van der Waals surface area contributed by atoms with Gasteiger partial charge in [-0.15, -0.1) is 0 Å². The molecule has 0 aromatic heterocycles.